The van der Waals surface area contributed by atoms with E-state index in [1.54, 1.807) is 0 Å². The molecule has 0 radical (unpaired) electrons. The molecule has 1 aromatic carbocycles. The first kappa shape index (κ1) is 15.5. The Labute approximate surface area is 124 Å². The number of rotatable bonds is 2. The maximum absolute atomic E-state index is 13.6. The summed E-state index contributed by atoms with van der Waals surface area (Å²) in [7, 11) is 0. The van der Waals surface area contributed by atoms with Crippen molar-refractivity contribution in [1.82, 2.24) is 4.90 Å². The zero-order valence-corrected chi connectivity index (χ0v) is 11.9. The lowest BCUT2D eigenvalue weighted by atomic mass is 9.90. The van der Waals surface area contributed by atoms with Gasteiger partial charge in [0.25, 0.3) is 0 Å². The van der Waals surface area contributed by atoms with E-state index < -0.39 is 29.0 Å². The predicted molar refractivity (Wildman–Crippen MR) is 72.3 cm³/mol. The average molecular weight is 319 g/mol. The molecule has 1 fully saturated rings. The average Bonchev–Trinajstić information content (AvgIpc) is 2.78. The summed E-state index contributed by atoms with van der Waals surface area (Å²) in [4.78, 5) is 24.4. The Morgan fingerprint density at radius 3 is 2.62 bits per heavy atom. The Balaban J connectivity index is 2.12. The van der Waals surface area contributed by atoms with Crippen LogP contribution < -0.4 is 5.32 Å². The van der Waals surface area contributed by atoms with Crippen molar-refractivity contribution in [3.05, 3.63) is 28.8 Å². The summed E-state index contributed by atoms with van der Waals surface area (Å²) in [6, 6.07) is 0.811. The highest BCUT2D eigenvalue weighted by Crippen LogP contribution is 2.31. The number of hydrogen-bond donors (Lipinski definition) is 2. The molecule has 1 unspecified atom stereocenters. The van der Waals surface area contributed by atoms with Crippen molar-refractivity contribution >= 4 is 29.3 Å². The summed E-state index contributed by atoms with van der Waals surface area (Å²) in [5.41, 5.74) is -1.35. The first-order valence-corrected chi connectivity index (χ1v) is 6.54. The van der Waals surface area contributed by atoms with Gasteiger partial charge in [0.15, 0.2) is 5.82 Å². The molecule has 0 bridgehead atoms. The van der Waals surface area contributed by atoms with Crippen molar-refractivity contribution in [1.29, 1.82) is 0 Å². The Bertz CT molecular complexity index is 588. The predicted octanol–water partition coefficient (Wildman–Crippen LogP) is 2.95. The molecule has 1 saturated heterocycles. The van der Waals surface area contributed by atoms with Gasteiger partial charge in [0.2, 0.25) is 0 Å². The van der Waals surface area contributed by atoms with Crippen LogP contribution in [0.5, 0.6) is 0 Å². The van der Waals surface area contributed by atoms with Gasteiger partial charge in [-0.2, -0.15) is 0 Å². The van der Waals surface area contributed by atoms with Crippen LogP contribution in [-0.4, -0.2) is 35.1 Å². The molecule has 5 nitrogen and oxygen atoms in total. The van der Waals surface area contributed by atoms with E-state index in [9.17, 15) is 18.4 Å². The highest BCUT2D eigenvalue weighted by Gasteiger charge is 2.42. The number of carboxylic acids is 1. The molecular weight excluding hydrogens is 306 g/mol. The number of urea groups is 1. The SMILES string of the molecule is CC1(C(=O)O)CCN(C(=O)Nc2c(F)cc(F)cc2Cl)C1. The molecule has 1 aliphatic heterocycles. The normalized spacial score (nSPS) is 21.4. The summed E-state index contributed by atoms with van der Waals surface area (Å²) in [6.45, 7) is 1.78. The Morgan fingerprint density at radius 1 is 1.43 bits per heavy atom. The van der Waals surface area contributed by atoms with Crippen molar-refractivity contribution < 1.29 is 23.5 Å². The number of amides is 2. The topological polar surface area (TPSA) is 69.6 Å². The molecule has 2 N–H and O–H groups in total. The molecule has 0 aromatic heterocycles. The molecule has 114 valence electrons. The van der Waals surface area contributed by atoms with Crippen LogP contribution in [0, 0.1) is 17.0 Å². The van der Waals surface area contributed by atoms with Gasteiger partial charge in [0, 0.05) is 19.2 Å². The van der Waals surface area contributed by atoms with Crippen molar-refractivity contribution in [3.63, 3.8) is 0 Å². The molecule has 2 amide bonds. The number of likely N-dealkylation sites (tertiary alicyclic amines) is 1. The third-order valence-corrected chi connectivity index (χ3v) is 3.81. The number of halogens is 3. The van der Waals surface area contributed by atoms with Gasteiger partial charge in [0.05, 0.1) is 16.1 Å². The van der Waals surface area contributed by atoms with E-state index >= 15 is 0 Å². The Hall–Kier alpha value is -1.89. The second-order valence-electron chi connectivity index (χ2n) is 5.21. The maximum Gasteiger partial charge on any atom is 0.321 e. The van der Waals surface area contributed by atoms with Crippen LogP contribution in [0.4, 0.5) is 19.3 Å². The maximum atomic E-state index is 13.6. The number of anilines is 1. The van der Waals surface area contributed by atoms with Crippen molar-refractivity contribution in [2.75, 3.05) is 18.4 Å². The van der Waals surface area contributed by atoms with Crippen LogP contribution in [0.25, 0.3) is 0 Å². The van der Waals surface area contributed by atoms with Crippen molar-refractivity contribution in [3.8, 4) is 0 Å². The molecule has 8 heteroatoms. The minimum absolute atomic E-state index is 0.00853. The largest absolute Gasteiger partial charge is 0.481 e. The fourth-order valence-corrected chi connectivity index (χ4v) is 2.40. The van der Waals surface area contributed by atoms with Gasteiger partial charge in [0.1, 0.15) is 5.82 Å². The van der Waals surface area contributed by atoms with Crippen LogP contribution in [0.1, 0.15) is 13.3 Å². The van der Waals surface area contributed by atoms with E-state index in [4.69, 9.17) is 16.7 Å². The van der Waals surface area contributed by atoms with Gasteiger partial charge in [-0.25, -0.2) is 13.6 Å². The van der Waals surface area contributed by atoms with Gasteiger partial charge < -0.3 is 15.3 Å². The Kier molecular flexibility index (Phi) is 4.04. The van der Waals surface area contributed by atoms with E-state index in [1.807, 2.05) is 0 Å². The fraction of sp³-hybridized carbons (Fsp3) is 0.385. The van der Waals surface area contributed by atoms with E-state index in [1.165, 1.54) is 11.8 Å². The highest BCUT2D eigenvalue weighted by atomic mass is 35.5. The molecule has 1 aliphatic rings. The molecule has 2 rings (SSSR count). The van der Waals surface area contributed by atoms with Crippen LogP contribution in [0.2, 0.25) is 5.02 Å². The van der Waals surface area contributed by atoms with E-state index in [-0.39, 0.29) is 23.8 Å². The number of benzene rings is 1. The summed E-state index contributed by atoms with van der Waals surface area (Å²) >= 11 is 5.68. The van der Waals surface area contributed by atoms with Crippen molar-refractivity contribution in [2.24, 2.45) is 5.41 Å². The van der Waals surface area contributed by atoms with E-state index in [0.29, 0.717) is 12.5 Å². The fourth-order valence-electron chi connectivity index (χ4n) is 2.16. The standard InChI is InChI=1S/C13H13ClF2N2O3/c1-13(11(19)20)2-3-18(6-13)12(21)17-10-8(14)4-7(15)5-9(10)16/h4-5H,2-3,6H2,1H3,(H,17,21)(H,19,20). The smallest absolute Gasteiger partial charge is 0.321 e. The monoisotopic (exact) mass is 318 g/mol. The summed E-state index contributed by atoms with van der Waals surface area (Å²) in [6.07, 6.45) is 0.301. The number of nitrogens with zero attached hydrogens (tertiary/aromatic N) is 1. The van der Waals surface area contributed by atoms with Gasteiger partial charge in [-0.3, -0.25) is 4.79 Å². The zero-order valence-electron chi connectivity index (χ0n) is 11.1. The lowest BCUT2D eigenvalue weighted by Crippen LogP contribution is -2.37. The lowest BCUT2D eigenvalue weighted by Gasteiger charge is -2.21. The van der Waals surface area contributed by atoms with Crippen LogP contribution in [-0.2, 0) is 4.79 Å². The molecule has 21 heavy (non-hydrogen) atoms. The van der Waals surface area contributed by atoms with Crippen LogP contribution in [0.15, 0.2) is 12.1 Å². The summed E-state index contributed by atoms with van der Waals surface area (Å²) in [5.74, 6) is -2.84. The molecular formula is C13H13ClF2N2O3. The van der Waals surface area contributed by atoms with Gasteiger partial charge in [-0.05, 0) is 19.4 Å². The summed E-state index contributed by atoms with van der Waals surface area (Å²) in [5, 5.41) is 11.1. The number of carbonyl (C=O) groups excluding carboxylic acids is 1. The van der Waals surface area contributed by atoms with Gasteiger partial charge >= 0.3 is 12.0 Å². The molecule has 1 heterocycles. The van der Waals surface area contributed by atoms with Gasteiger partial charge in [-0.15, -0.1) is 0 Å². The minimum Gasteiger partial charge on any atom is -0.481 e. The highest BCUT2D eigenvalue weighted by molar-refractivity contribution is 6.33. The molecule has 0 aliphatic carbocycles. The minimum atomic E-state index is -1.03. The van der Waals surface area contributed by atoms with Crippen molar-refractivity contribution in [2.45, 2.75) is 13.3 Å². The molecule has 1 atom stereocenters. The van der Waals surface area contributed by atoms with Crippen LogP contribution in [0.3, 0.4) is 0 Å². The van der Waals surface area contributed by atoms with Gasteiger partial charge in [-0.1, -0.05) is 11.6 Å². The number of aliphatic carboxylic acids is 1. The summed E-state index contributed by atoms with van der Waals surface area (Å²) < 4.78 is 26.5. The molecule has 1 aromatic rings. The molecule has 0 spiro atoms. The quantitative estimate of drug-likeness (QED) is 0.881. The molecule has 0 saturated carbocycles. The number of hydrogen-bond acceptors (Lipinski definition) is 2. The second-order valence-corrected chi connectivity index (χ2v) is 5.62. The lowest BCUT2D eigenvalue weighted by molar-refractivity contribution is -0.146. The van der Waals surface area contributed by atoms with Crippen LogP contribution >= 0.6 is 11.6 Å². The third-order valence-electron chi connectivity index (χ3n) is 3.52. The number of carbonyl (C=O) groups is 2. The first-order chi connectivity index (χ1) is 9.73. The third kappa shape index (κ3) is 3.07. The van der Waals surface area contributed by atoms with E-state index in [2.05, 4.69) is 5.32 Å². The first-order valence-electron chi connectivity index (χ1n) is 6.17. The second kappa shape index (κ2) is 5.48. The number of carboxylic acid groups (broad SMARTS) is 1. The van der Waals surface area contributed by atoms with E-state index in [0.717, 1.165) is 6.07 Å². The number of nitrogens with one attached hydrogen (secondary N) is 1. The Morgan fingerprint density at radius 2 is 2.10 bits per heavy atom. The zero-order chi connectivity index (χ0) is 15.8.